The average molecular weight is 245 g/mol. The summed E-state index contributed by atoms with van der Waals surface area (Å²) in [4.78, 5) is 1.02. The molecule has 5 N–H and O–H groups in total. The van der Waals surface area contributed by atoms with E-state index >= 15 is 0 Å². The molecule has 0 aliphatic rings. The van der Waals surface area contributed by atoms with E-state index < -0.39 is 25.4 Å². The Kier molecular flexibility index (Phi) is 7.36. The van der Waals surface area contributed by atoms with Crippen molar-refractivity contribution in [3.05, 3.63) is 29.8 Å². The predicted octanol–water partition coefficient (Wildman–Crippen LogP) is -0.0555. The molecule has 0 amide bonds. The number of aliphatic hydroxyl groups is 3. The van der Waals surface area contributed by atoms with Gasteiger partial charge in [-0.1, -0.05) is 17.7 Å². The minimum absolute atomic E-state index is 0.403. The van der Waals surface area contributed by atoms with E-state index in [0.29, 0.717) is 0 Å². The second kappa shape index (κ2) is 7.65. The molecular formula is C11H19NO3S. The van der Waals surface area contributed by atoms with E-state index in [1.807, 2.05) is 24.3 Å². The number of hydrogen-bond donors (Lipinski definition) is 5. The fourth-order valence-electron chi connectivity index (χ4n) is 0.695. The Labute approximate surface area is 101 Å². The van der Waals surface area contributed by atoms with E-state index in [1.165, 1.54) is 5.56 Å². The highest BCUT2D eigenvalue weighted by Gasteiger charge is 2.20. The normalized spacial score (nSPS) is 10.6. The lowest BCUT2D eigenvalue weighted by molar-refractivity contribution is 0.0698. The number of nitrogens with two attached hydrogens (primary N) is 1. The summed E-state index contributed by atoms with van der Waals surface area (Å²) in [5.74, 6) is 0. The molecule has 5 heteroatoms. The summed E-state index contributed by atoms with van der Waals surface area (Å²) >= 11 is 4.13. The lowest BCUT2D eigenvalue weighted by Gasteiger charge is -2.20. The lowest BCUT2D eigenvalue weighted by Crippen LogP contribution is -2.50. The van der Waals surface area contributed by atoms with Gasteiger partial charge in [-0.2, -0.15) is 0 Å². The maximum atomic E-state index is 8.34. The Morgan fingerprint density at radius 1 is 1.06 bits per heavy atom. The molecule has 0 saturated heterocycles. The van der Waals surface area contributed by atoms with Crippen molar-refractivity contribution in [3.8, 4) is 0 Å². The van der Waals surface area contributed by atoms with Crippen molar-refractivity contribution in [2.45, 2.75) is 17.4 Å². The molecule has 1 aromatic rings. The van der Waals surface area contributed by atoms with Gasteiger partial charge in [-0.3, -0.25) is 0 Å². The first-order chi connectivity index (χ1) is 7.47. The van der Waals surface area contributed by atoms with Gasteiger partial charge in [0.05, 0.1) is 25.4 Å². The van der Waals surface area contributed by atoms with Gasteiger partial charge in [0.1, 0.15) is 0 Å². The maximum absolute atomic E-state index is 8.34. The quantitative estimate of drug-likeness (QED) is 0.483. The van der Waals surface area contributed by atoms with Crippen molar-refractivity contribution in [1.29, 1.82) is 0 Å². The highest BCUT2D eigenvalue weighted by molar-refractivity contribution is 7.80. The third kappa shape index (κ3) is 6.09. The molecule has 1 rings (SSSR count). The SMILES string of the molecule is Cc1ccc(S)cc1.NC(CO)(CO)CO. The number of rotatable bonds is 3. The van der Waals surface area contributed by atoms with E-state index in [-0.39, 0.29) is 0 Å². The molecule has 4 nitrogen and oxygen atoms in total. The highest BCUT2D eigenvalue weighted by Crippen LogP contribution is 2.05. The minimum atomic E-state index is -1.21. The van der Waals surface area contributed by atoms with Crippen molar-refractivity contribution >= 4 is 12.6 Å². The molecule has 0 aliphatic carbocycles. The molecule has 0 saturated carbocycles. The van der Waals surface area contributed by atoms with E-state index in [4.69, 9.17) is 21.1 Å². The Hall–Kier alpha value is -0.590. The zero-order chi connectivity index (χ0) is 12.6. The van der Waals surface area contributed by atoms with Crippen LogP contribution in [-0.2, 0) is 0 Å². The van der Waals surface area contributed by atoms with E-state index in [2.05, 4.69) is 19.6 Å². The van der Waals surface area contributed by atoms with Gasteiger partial charge in [0, 0.05) is 4.90 Å². The Bertz CT molecular complexity index is 257. The largest absolute Gasteiger partial charge is 0.394 e. The topological polar surface area (TPSA) is 86.7 Å². The summed E-state index contributed by atoms with van der Waals surface area (Å²) in [6.45, 7) is 0.854. The summed E-state index contributed by atoms with van der Waals surface area (Å²) in [7, 11) is 0. The average Bonchev–Trinajstić information content (AvgIpc) is 2.33. The predicted molar refractivity (Wildman–Crippen MR) is 66.6 cm³/mol. The van der Waals surface area contributed by atoms with Gasteiger partial charge in [-0.05, 0) is 19.1 Å². The van der Waals surface area contributed by atoms with Gasteiger partial charge in [0.15, 0.2) is 0 Å². The number of hydrogen-bond acceptors (Lipinski definition) is 5. The summed E-state index contributed by atoms with van der Waals surface area (Å²) in [5.41, 5.74) is 5.22. The lowest BCUT2D eigenvalue weighted by atomic mass is 10.1. The first-order valence-electron chi connectivity index (χ1n) is 4.84. The van der Waals surface area contributed by atoms with Crippen LogP contribution in [-0.4, -0.2) is 40.7 Å². The van der Waals surface area contributed by atoms with Crippen LogP contribution in [0.25, 0.3) is 0 Å². The van der Waals surface area contributed by atoms with Crippen molar-refractivity contribution < 1.29 is 15.3 Å². The van der Waals surface area contributed by atoms with Crippen LogP contribution in [0.15, 0.2) is 29.2 Å². The summed E-state index contributed by atoms with van der Waals surface area (Å²) < 4.78 is 0. The molecule has 16 heavy (non-hydrogen) atoms. The van der Waals surface area contributed by atoms with Crippen molar-refractivity contribution in [2.24, 2.45) is 5.73 Å². The Balaban J connectivity index is 0.000000281. The molecule has 0 aliphatic heterocycles. The molecule has 0 fully saturated rings. The van der Waals surface area contributed by atoms with Crippen molar-refractivity contribution in [1.82, 2.24) is 0 Å². The standard InChI is InChI=1S/C7H8S.C4H11NO3/c1-6-2-4-7(8)5-3-6;5-4(1-6,2-7)3-8/h2-5,8H,1H3;6-8H,1-3,5H2. The second-order valence-electron chi connectivity index (χ2n) is 3.67. The van der Waals surface area contributed by atoms with E-state index in [0.717, 1.165) is 4.90 Å². The molecule has 0 atom stereocenters. The summed E-state index contributed by atoms with van der Waals surface area (Å²) in [5, 5.41) is 25.0. The van der Waals surface area contributed by atoms with Crippen LogP contribution >= 0.6 is 12.6 Å². The van der Waals surface area contributed by atoms with Gasteiger partial charge in [0.2, 0.25) is 0 Å². The van der Waals surface area contributed by atoms with E-state index in [9.17, 15) is 0 Å². The second-order valence-corrected chi connectivity index (χ2v) is 4.19. The van der Waals surface area contributed by atoms with Crippen LogP contribution in [0.2, 0.25) is 0 Å². The maximum Gasteiger partial charge on any atom is 0.0856 e. The third-order valence-electron chi connectivity index (χ3n) is 1.98. The third-order valence-corrected chi connectivity index (χ3v) is 2.28. The number of aliphatic hydroxyl groups excluding tert-OH is 3. The zero-order valence-electron chi connectivity index (χ0n) is 9.30. The van der Waals surface area contributed by atoms with Crippen LogP contribution in [0.1, 0.15) is 5.56 Å². The molecule has 0 aromatic heterocycles. The fraction of sp³-hybridized carbons (Fsp3) is 0.455. The number of thiol groups is 1. The number of aryl methyl sites for hydroxylation is 1. The minimum Gasteiger partial charge on any atom is -0.394 e. The van der Waals surface area contributed by atoms with Crippen LogP contribution in [0.4, 0.5) is 0 Å². The fourth-order valence-corrected chi connectivity index (χ4v) is 0.844. The molecule has 0 radical (unpaired) electrons. The van der Waals surface area contributed by atoms with Crippen LogP contribution < -0.4 is 5.73 Å². The molecular weight excluding hydrogens is 226 g/mol. The zero-order valence-corrected chi connectivity index (χ0v) is 10.2. The first-order valence-corrected chi connectivity index (χ1v) is 5.29. The first kappa shape index (κ1) is 15.4. The van der Waals surface area contributed by atoms with Gasteiger partial charge in [0.25, 0.3) is 0 Å². The van der Waals surface area contributed by atoms with Crippen molar-refractivity contribution in [2.75, 3.05) is 19.8 Å². The summed E-state index contributed by atoms with van der Waals surface area (Å²) in [6, 6.07) is 8.06. The van der Waals surface area contributed by atoms with Crippen LogP contribution in [0.5, 0.6) is 0 Å². The highest BCUT2D eigenvalue weighted by atomic mass is 32.1. The Morgan fingerprint density at radius 3 is 1.62 bits per heavy atom. The summed E-state index contributed by atoms with van der Waals surface area (Å²) in [6.07, 6.45) is 0. The molecule has 1 aromatic carbocycles. The number of benzene rings is 1. The molecule has 0 bridgehead atoms. The molecule has 0 spiro atoms. The Morgan fingerprint density at radius 2 is 1.44 bits per heavy atom. The van der Waals surface area contributed by atoms with Crippen molar-refractivity contribution in [3.63, 3.8) is 0 Å². The molecule has 92 valence electrons. The van der Waals surface area contributed by atoms with Gasteiger partial charge in [-0.25, -0.2) is 0 Å². The molecule has 0 heterocycles. The van der Waals surface area contributed by atoms with Gasteiger partial charge >= 0.3 is 0 Å². The monoisotopic (exact) mass is 245 g/mol. The van der Waals surface area contributed by atoms with Gasteiger partial charge in [-0.15, -0.1) is 12.6 Å². The smallest absolute Gasteiger partial charge is 0.0856 e. The molecule has 0 unspecified atom stereocenters. The van der Waals surface area contributed by atoms with Crippen LogP contribution in [0, 0.1) is 6.92 Å². The van der Waals surface area contributed by atoms with Crippen LogP contribution in [0.3, 0.4) is 0 Å². The van der Waals surface area contributed by atoms with Gasteiger partial charge < -0.3 is 21.1 Å². The van der Waals surface area contributed by atoms with E-state index in [1.54, 1.807) is 0 Å².